The number of allylic oxidation sites excluding steroid dienone is 2. The molecule has 0 N–H and O–H groups in total. The summed E-state index contributed by atoms with van der Waals surface area (Å²) in [7, 11) is 0. The first-order valence-electron chi connectivity index (χ1n) is 11.0. The molecule has 1 saturated heterocycles. The maximum Gasteiger partial charge on any atom is 0.273 e. The number of hydrazine groups is 1. The van der Waals surface area contributed by atoms with E-state index in [1.165, 1.54) is 24.3 Å². The summed E-state index contributed by atoms with van der Waals surface area (Å²) in [6.45, 7) is 1.70. The highest BCUT2D eigenvalue weighted by atomic mass is 16.6. The molecule has 1 aliphatic heterocycles. The number of carbonyl (C=O) groups excluding carboxylic acids is 4. The second-order valence-electron chi connectivity index (χ2n) is 8.25. The van der Waals surface area contributed by atoms with Gasteiger partial charge in [-0.15, -0.1) is 0 Å². The number of non-ortho nitro benzene ring substituents is 1. The Hall–Kier alpha value is -4.14. The van der Waals surface area contributed by atoms with Gasteiger partial charge in [0, 0.05) is 23.3 Å². The lowest BCUT2D eigenvalue weighted by atomic mass is 9.85. The van der Waals surface area contributed by atoms with Gasteiger partial charge >= 0.3 is 0 Å². The molecule has 0 aromatic heterocycles. The fourth-order valence-corrected chi connectivity index (χ4v) is 4.49. The lowest BCUT2D eigenvalue weighted by molar-refractivity contribution is -0.384. The third-order valence-electron chi connectivity index (χ3n) is 6.28. The summed E-state index contributed by atoms with van der Waals surface area (Å²) in [6, 6.07) is 12.1. The summed E-state index contributed by atoms with van der Waals surface area (Å²) in [4.78, 5) is 64.2. The number of carbonyl (C=O) groups is 4. The zero-order valence-electron chi connectivity index (χ0n) is 18.5. The van der Waals surface area contributed by atoms with E-state index in [-0.39, 0.29) is 17.7 Å². The number of nitro benzene ring substituents is 1. The van der Waals surface area contributed by atoms with Crippen LogP contribution in [0.5, 0.6) is 0 Å². The minimum Gasteiger partial charge on any atom is -0.292 e. The molecule has 1 heterocycles. The van der Waals surface area contributed by atoms with E-state index < -0.39 is 46.3 Å². The van der Waals surface area contributed by atoms with E-state index >= 15 is 0 Å². The molecule has 9 heteroatoms. The molecule has 1 aliphatic carbocycles. The molecule has 3 atom stereocenters. The molecule has 2 aromatic rings. The molecule has 2 aliphatic rings. The van der Waals surface area contributed by atoms with Crippen molar-refractivity contribution in [1.82, 2.24) is 10.0 Å². The van der Waals surface area contributed by atoms with Gasteiger partial charge in [-0.05, 0) is 31.4 Å². The number of nitrogens with zero attached hydrogens (tertiary/aromatic N) is 3. The van der Waals surface area contributed by atoms with Gasteiger partial charge in [0.2, 0.25) is 0 Å². The first-order chi connectivity index (χ1) is 16.3. The quantitative estimate of drug-likeness (QED) is 0.205. The average molecular weight is 461 g/mol. The highest BCUT2D eigenvalue weighted by Gasteiger charge is 2.52. The Labute approximate surface area is 195 Å². The van der Waals surface area contributed by atoms with Crippen LogP contribution in [0, 0.1) is 22.0 Å². The highest BCUT2D eigenvalue weighted by Crippen LogP contribution is 2.37. The average Bonchev–Trinajstić information content (AvgIpc) is 3.12. The van der Waals surface area contributed by atoms with E-state index in [1.54, 1.807) is 37.3 Å². The van der Waals surface area contributed by atoms with Crippen LogP contribution in [-0.4, -0.2) is 44.5 Å². The van der Waals surface area contributed by atoms with Crippen molar-refractivity contribution in [3.8, 4) is 0 Å². The van der Waals surface area contributed by atoms with Gasteiger partial charge in [0.25, 0.3) is 23.4 Å². The number of amides is 3. The smallest absolute Gasteiger partial charge is 0.273 e. The third kappa shape index (κ3) is 4.00. The van der Waals surface area contributed by atoms with Crippen molar-refractivity contribution in [2.24, 2.45) is 11.8 Å². The second kappa shape index (κ2) is 9.38. The molecule has 0 saturated carbocycles. The van der Waals surface area contributed by atoms with E-state index in [0.717, 1.165) is 10.0 Å². The summed E-state index contributed by atoms with van der Waals surface area (Å²) < 4.78 is 0. The van der Waals surface area contributed by atoms with Gasteiger partial charge in [0.1, 0.15) is 6.04 Å². The Kier molecular flexibility index (Phi) is 6.36. The SMILES string of the molecule is CC[C@H](C(=O)c1ccccc1)N(C(=O)c1ccc([N+](=O)[O-])cc1)N1C(=O)[C@H]2CC=CC[C@@H]2C1=O. The summed E-state index contributed by atoms with van der Waals surface area (Å²) in [6.07, 6.45) is 4.59. The predicted molar refractivity (Wildman–Crippen MR) is 121 cm³/mol. The van der Waals surface area contributed by atoms with Crippen molar-refractivity contribution in [2.45, 2.75) is 32.2 Å². The molecule has 4 rings (SSSR count). The van der Waals surface area contributed by atoms with Gasteiger partial charge in [0.15, 0.2) is 5.78 Å². The van der Waals surface area contributed by atoms with Crippen LogP contribution in [0.25, 0.3) is 0 Å². The van der Waals surface area contributed by atoms with Gasteiger partial charge in [-0.2, -0.15) is 5.01 Å². The minimum atomic E-state index is -1.12. The summed E-state index contributed by atoms with van der Waals surface area (Å²) in [5.41, 5.74) is 0.161. The molecule has 0 bridgehead atoms. The Morgan fingerprint density at radius 1 is 0.971 bits per heavy atom. The van der Waals surface area contributed by atoms with Crippen molar-refractivity contribution in [3.63, 3.8) is 0 Å². The number of rotatable bonds is 7. The van der Waals surface area contributed by atoms with Crippen molar-refractivity contribution < 1.29 is 24.1 Å². The topological polar surface area (TPSA) is 118 Å². The lowest BCUT2D eigenvalue weighted by Crippen LogP contribution is -2.57. The Bertz CT molecular complexity index is 1150. The van der Waals surface area contributed by atoms with Crippen LogP contribution < -0.4 is 0 Å². The third-order valence-corrected chi connectivity index (χ3v) is 6.28. The van der Waals surface area contributed by atoms with Crippen LogP contribution in [0.4, 0.5) is 5.69 Å². The van der Waals surface area contributed by atoms with E-state index in [0.29, 0.717) is 18.4 Å². The molecule has 34 heavy (non-hydrogen) atoms. The zero-order valence-corrected chi connectivity index (χ0v) is 18.5. The summed E-state index contributed by atoms with van der Waals surface area (Å²) >= 11 is 0. The molecule has 0 radical (unpaired) electrons. The first-order valence-corrected chi connectivity index (χ1v) is 11.0. The van der Waals surface area contributed by atoms with E-state index in [2.05, 4.69) is 0 Å². The van der Waals surface area contributed by atoms with Gasteiger partial charge in [0.05, 0.1) is 16.8 Å². The van der Waals surface area contributed by atoms with E-state index in [4.69, 9.17) is 0 Å². The van der Waals surface area contributed by atoms with Gasteiger partial charge < -0.3 is 0 Å². The monoisotopic (exact) mass is 461 g/mol. The molecule has 0 unspecified atom stereocenters. The minimum absolute atomic E-state index is 0.0264. The molecule has 3 amide bonds. The van der Waals surface area contributed by atoms with Crippen LogP contribution in [0.2, 0.25) is 0 Å². The van der Waals surface area contributed by atoms with Crippen LogP contribution in [-0.2, 0) is 9.59 Å². The standard InChI is InChI=1S/C25H23N3O6/c1-2-21(22(29)16-8-4-3-5-9-16)26(23(30)17-12-14-18(15-13-17)28(33)34)27-24(31)19-10-6-7-11-20(19)25(27)32/h3-9,12-15,19-21H,2,10-11H2,1H3/t19-,20-,21+/m0/s1. The van der Waals surface area contributed by atoms with Gasteiger partial charge in [-0.25, -0.2) is 5.01 Å². The van der Waals surface area contributed by atoms with E-state index in [9.17, 15) is 29.3 Å². The fraction of sp³-hybridized carbons (Fsp3) is 0.280. The van der Waals surface area contributed by atoms with E-state index in [1.807, 2.05) is 12.2 Å². The van der Waals surface area contributed by atoms with Gasteiger partial charge in [-0.3, -0.25) is 29.3 Å². The number of fused-ring (bicyclic) bond motifs is 1. The molecule has 9 nitrogen and oxygen atoms in total. The number of hydrogen-bond acceptors (Lipinski definition) is 6. The molecule has 2 aromatic carbocycles. The molecular weight excluding hydrogens is 438 g/mol. The summed E-state index contributed by atoms with van der Waals surface area (Å²) in [5.74, 6) is -3.38. The molecule has 0 spiro atoms. The number of ketones is 1. The van der Waals surface area contributed by atoms with Crippen LogP contribution in [0.1, 0.15) is 46.9 Å². The Morgan fingerprint density at radius 2 is 1.53 bits per heavy atom. The molecular formula is C25H23N3O6. The van der Waals surface area contributed by atoms with Crippen molar-refractivity contribution >= 4 is 29.2 Å². The Balaban J connectivity index is 1.78. The van der Waals surface area contributed by atoms with Crippen LogP contribution >= 0.6 is 0 Å². The van der Waals surface area contributed by atoms with Crippen molar-refractivity contribution in [1.29, 1.82) is 0 Å². The lowest BCUT2D eigenvalue weighted by Gasteiger charge is -2.36. The van der Waals surface area contributed by atoms with Crippen molar-refractivity contribution in [3.05, 3.63) is 88.0 Å². The summed E-state index contributed by atoms with van der Waals surface area (Å²) in [5, 5.41) is 12.8. The largest absolute Gasteiger partial charge is 0.292 e. The number of imide groups is 1. The Morgan fingerprint density at radius 3 is 2.03 bits per heavy atom. The normalized spacial score (nSPS) is 20.1. The zero-order chi connectivity index (χ0) is 24.4. The van der Waals surface area contributed by atoms with Gasteiger partial charge in [-0.1, -0.05) is 49.4 Å². The molecule has 1 fully saturated rings. The highest BCUT2D eigenvalue weighted by molar-refractivity contribution is 6.10. The van der Waals surface area contributed by atoms with Crippen LogP contribution in [0.15, 0.2) is 66.7 Å². The maximum atomic E-state index is 13.7. The maximum absolute atomic E-state index is 13.7. The number of hydrogen-bond donors (Lipinski definition) is 0. The number of Topliss-reactive ketones (excluding diaryl/α,β-unsaturated/α-hetero) is 1. The molecule has 174 valence electrons. The predicted octanol–water partition coefficient (Wildman–Crippen LogP) is 3.56. The van der Waals surface area contributed by atoms with Crippen molar-refractivity contribution in [2.75, 3.05) is 0 Å². The first kappa shape index (κ1) is 23.0. The number of benzene rings is 2. The number of nitro groups is 1. The van der Waals surface area contributed by atoms with Crippen LogP contribution in [0.3, 0.4) is 0 Å². The fourth-order valence-electron chi connectivity index (χ4n) is 4.49. The second-order valence-corrected chi connectivity index (χ2v) is 8.25.